The molecule has 1 atom stereocenters. The van der Waals surface area contributed by atoms with Crippen LogP contribution in [0.25, 0.3) is 0 Å². The third kappa shape index (κ3) is 3.95. The smallest absolute Gasteiger partial charge is 0.161 e. The molecule has 0 N–H and O–H groups in total. The van der Waals surface area contributed by atoms with E-state index in [1.165, 1.54) is 0 Å². The zero-order valence-corrected chi connectivity index (χ0v) is 12.9. The first kappa shape index (κ1) is 15.8. The summed E-state index contributed by atoms with van der Waals surface area (Å²) in [6.07, 6.45) is 0. The number of methoxy groups -OCH3 is 2. The van der Waals surface area contributed by atoms with Gasteiger partial charge in [-0.25, -0.2) is 0 Å². The van der Waals surface area contributed by atoms with Crippen LogP contribution in [0.15, 0.2) is 18.2 Å². The number of ketones is 1. The molecule has 1 fully saturated rings. The average molecular weight is 293 g/mol. The minimum atomic E-state index is -0.150. The van der Waals surface area contributed by atoms with Gasteiger partial charge in [0.2, 0.25) is 0 Å². The normalized spacial score (nSPS) is 17.3. The minimum absolute atomic E-state index is 0.150. The van der Waals surface area contributed by atoms with Crippen LogP contribution in [0.1, 0.15) is 18.4 Å². The summed E-state index contributed by atoms with van der Waals surface area (Å²) >= 11 is 0. The number of Topliss-reactive ketones (excluding diaryl/α,β-unsaturated/α-hetero) is 1. The lowest BCUT2D eigenvalue weighted by Gasteiger charge is -2.29. The molecule has 21 heavy (non-hydrogen) atoms. The first-order chi connectivity index (χ1) is 10.2. The Morgan fingerprint density at radius 3 is 2.48 bits per heavy atom. The number of morpholine rings is 1. The van der Waals surface area contributed by atoms with Gasteiger partial charge in [-0.05, 0) is 24.6 Å². The van der Waals surface area contributed by atoms with Crippen LogP contribution in [-0.2, 0) is 9.53 Å². The molecule has 0 bridgehead atoms. The number of nitrogens with zero attached hydrogens (tertiary/aromatic N) is 1. The van der Waals surface area contributed by atoms with Crippen LogP contribution in [-0.4, -0.2) is 57.8 Å². The summed E-state index contributed by atoms with van der Waals surface area (Å²) in [7, 11) is 3.21. The summed E-state index contributed by atoms with van der Waals surface area (Å²) in [5.74, 6) is 1.34. The minimum Gasteiger partial charge on any atom is -0.493 e. The molecule has 116 valence electrons. The fourth-order valence-corrected chi connectivity index (χ4v) is 2.58. The standard InChI is InChI=1S/C16H23NO4/c1-12(18)14(11-17-6-8-21-9-7-17)13-4-5-15(19-2)16(10-13)20-3/h4-5,10,14H,6-9,11H2,1-3H3. The molecule has 5 heteroatoms. The van der Waals surface area contributed by atoms with Crippen molar-refractivity contribution >= 4 is 5.78 Å². The van der Waals surface area contributed by atoms with Crippen LogP contribution in [0, 0.1) is 0 Å². The van der Waals surface area contributed by atoms with Crippen molar-refractivity contribution in [2.45, 2.75) is 12.8 Å². The van der Waals surface area contributed by atoms with E-state index in [9.17, 15) is 4.79 Å². The van der Waals surface area contributed by atoms with E-state index in [1.807, 2.05) is 18.2 Å². The van der Waals surface area contributed by atoms with Gasteiger partial charge in [0, 0.05) is 19.6 Å². The van der Waals surface area contributed by atoms with E-state index < -0.39 is 0 Å². The maximum absolute atomic E-state index is 12.0. The van der Waals surface area contributed by atoms with E-state index in [-0.39, 0.29) is 11.7 Å². The Labute approximate surface area is 125 Å². The Morgan fingerprint density at radius 2 is 1.90 bits per heavy atom. The molecule has 1 aliphatic rings. The van der Waals surface area contributed by atoms with Crippen molar-refractivity contribution in [1.29, 1.82) is 0 Å². The molecule has 1 aromatic carbocycles. The molecule has 0 aromatic heterocycles. The molecule has 0 radical (unpaired) electrons. The maximum atomic E-state index is 12.0. The molecule has 0 aliphatic carbocycles. The lowest BCUT2D eigenvalue weighted by molar-refractivity contribution is -0.119. The second-order valence-electron chi connectivity index (χ2n) is 5.19. The van der Waals surface area contributed by atoms with Crippen LogP contribution in [0.5, 0.6) is 11.5 Å². The van der Waals surface area contributed by atoms with Crippen molar-refractivity contribution in [3.05, 3.63) is 23.8 Å². The SMILES string of the molecule is COc1ccc(C(CN2CCOCC2)C(C)=O)cc1OC. The monoisotopic (exact) mass is 293 g/mol. The van der Waals surface area contributed by atoms with Gasteiger partial charge in [-0.15, -0.1) is 0 Å². The fraction of sp³-hybridized carbons (Fsp3) is 0.562. The molecule has 1 aromatic rings. The van der Waals surface area contributed by atoms with Crippen LogP contribution in [0.2, 0.25) is 0 Å². The first-order valence-electron chi connectivity index (χ1n) is 7.18. The molecule has 1 aliphatic heterocycles. The first-order valence-corrected chi connectivity index (χ1v) is 7.18. The Kier molecular flexibility index (Phi) is 5.59. The second kappa shape index (κ2) is 7.43. The van der Waals surface area contributed by atoms with E-state index in [4.69, 9.17) is 14.2 Å². The summed E-state index contributed by atoms with van der Waals surface area (Å²) < 4.78 is 15.9. The Hall–Kier alpha value is -1.59. The molecule has 0 saturated carbocycles. The Balaban J connectivity index is 2.19. The molecule has 5 nitrogen and oxygen atoms in total. The molecule has 1 unspecified atom stereocenters. The van der Waals surface area contributed by atoms with Crippen LogP contribution < -0.4 is 9.47 Å². The van der Waals surface area contributed by atoms with Crippen LogP contribution >= 0.6 is 0 Å². The highest BCUT2D eigenvalue weighted by Gasteiger charge is 2.23. The van der Waals surface area contributed by atoms with Gasteiger partial charge in [-0.3, -0.25) is 9.69 Å². The third-order valence-corrected chi connectivity index (χ3v) is 3.85. The van der Waals surface area contributed by atoms with Crippen molar-refractivity contribution in [2.24, 2.45) is 0 Å². The van der Waals surface area contributed by atoms with E-state index in [0.717, 1.165) is 31.9 Å². The van der Waals surface area contributed by atoms with Crippen molar-refractivity contribution in [3.63, 3.8) is 0 Å². The molecule has 1 saturated heterocycles. The van der Waals surface area contributed by atoms with E-state index in [0.29, 0.717) is 18.0 Å². The Morgan fingerprint density at radius 1 is 1.24 bits per heavy atom. The topological polar surface area (TPSA) is 48.0 Å². The summed E-state index contributed by atoms with van der Waals surface area (Å²) in [4.78, 5) is 14.3. The van der Waals surface area contributed by atoms with E-state index >= 15 is 0 Å². The lowest BCUT2D eigenvalue weighted by atomic mass is 9.94. The number of carbonyl (C=O) groups is 1. The molecule has 0 spiro atoms. The molecule has 0 amide bonds. The number of rotatable bonds is 6. The van der Waals surface area contributed by atoms with E-state index in [1.54, 1.807) is 21.1 Å². The predicted molar refractivity (Wildman–Crippen MR) is 80.2 cm³/mol. The van der Waals surface area contributed by atoms with Crippen molar-refractivity contribution < 1.29 is 19.0 Å². The largest absolute Gasteiger partial charge is 0.493 e. The maximum Gasteiger partial charge on any atom is 0.161 e. The van der Waals surface area contributed by atoms with Gasteiger partial charge >= 0.3 is 0 Å². The van der Waals surface area contributed by atoms with Gasteiger partial charge < -0.3 is 14.2 Å². The third-order valence-electron chi connectivity index (χ3n) is 3.85. The highest BCUT2D eigenvalue weighted by Crippen LogP contribution is 2.31. The summed E-state index contributed by atoms with van der Waals surface area (Å²) in [5, 5.41) is 0. The van der Waals surface area contributed by atoms with E-state index in [2.05, 4.69) is 4.90 Å². The summed E-state index contributed by atoms with van der Waals surface area (Å²) in [5.41, 5.74) is 0.964. The lowest BCUT2D eigenvalue weighted by Crippen LogP contribution is -2.40. The quantitative estimate of drug-likeness (QED) is 0.799. The van der Waals surface area contributed by atoms with Gasteiger partial charge in [0.25, 0.3) is 0 Å². The molecular weight excluding hydrogens is 270 g/mol. The van der Waals surface area contributed by atoms with Gasteiger partial charge in [-0.2, -0.15) is 0 Å². The zero-order chi connectivity index (χ0) is 15.2. The number of ether oxygens (including phenoxy) is 3. The summed E-state index contributed by atoms with van der Waals surface area (Å²) in [6.45, 7) is 5.57. The van der Waals surface area contributed by atoms with Crippen molar-refractivity contribution in [1.82, 2.24) is 4.90 Å². The Bertz CT molecular complexity index is 483. The van der Waals surface area contributed by atoms with Crippen molar-refractivity contribution in [3.8, 4) is 11.5 Å². The number of hydrogen-bond donors (Lipinski definition) is 0. The predicted octanol–water partition coefficient (Wildman–Crippen LogP) is 1.71. The average Bonchev–Trinajstić information content (AvgIpc) is 2.52. The number of hydrogen-bond acceptors (Lipinski definition) is 5. The summed E-state index contributed by atoms with van der Waals surface area (Å²) in [6, 6.07) is 5.68. The van der Waals surface area contributed by atoms with Crippen molar-refractivity contribution in [2.75, 3.05) is 47.1 Å². The van der Waals surface area contributed by atoms with Gasteiger partial charge in [0.15, 0.2) is 11.5 Å². The van der Waals surface area contributed by atoms with Crippen LogP contribution in [0.3, 0.4) is 0 Å². The molecule has 2 rings (SSSR count). The fourth-order valence-electron chi connectivity index (χ4n) is 2.58. The van der Waals surface area contributed by atoms with Crippen LogP contribution in [0.4, 0.5) is 0 Å². The van der Waals surface area contributed by atoms with Gasteiger partial charge in [0.05, 0.1) is 33.4 Å². The highest BCUT2D eigenvalue weighted by molar-refractivity contribution is 5.83. The zero-order valence-electron chi connectivity index (χ0n) is 12.9. The molecule has 1 heterocycles. The number of benzene rings is 1. The molecular formula is C16H23NO4. The highest BCUT2D eigenvalue weighted by atomic mass is 16.5. The van der Waals surface area contributed by atoms with Gasteiger partial charge in [0.1, 0.15) is 5.78 Å². The number of carbonyl (C=O) groups excluding carboxylic acids is 1. The van der Waals surface area contributed by atoms with Gasteiger partial charge in [-0.1, -0.05) is 6.07 Å². The second-order valence-corrected chi connectivity index (χ2v) is 5.19.